The van der Waals surface area contributed by atoms with E-state index in [2.05, 4.69) is 20.3 Å². The van der Waals surface area contributed by atoms with E-state index in [4.69, 9.17) is 10.5 Å². The van der Waals surface area contributed by atoms with Crippen LogP contribution in [-0.2, 0) is 11.3 Å². The van der Waals surface area contributed by atoms with Crippen LogP contribution in [0.25, 0.3) is 22.3 Å². The number of nitrogens with one attached hydrogen (secondary N) is 1. The summed E-state index contributed by atoms with van der Waals surface area (Å²) in [5, 5.41) is 12.9. The monoisotopic (exact) mass is 487 g/mol. The number of fused-ring (bicyclic) bond motifs is 1. The van der Waals surface area contributed by atoms with Gasteiger partial charge in [0.05, 0.1) is 12.7 Å². The van der Waals surface area contributed by atoms with Crippen molar-refractivity contribution in [3.8, 4) is 11.1 Å². The standard InChI is InChI=1S/C26H29N7O3/c1-32(2)25(35)19-5-3-4-18(12-19)17-8-6-16(7-9-17)13-28-26-31-22-23(27)29-15-30-24(22)33(26)21-11-10-20(14-34)36-21/h3-9,12,15,20-21,34H,10-11,13-14H2,1-2H3,(H,28,31)(H2,27,29,30)/t20-,21+/m0/s1. The number of imidazole rings is 1. The van der Waals surface area contributed by atoms with Crippen LogP contribution in [-0.4, -0.2) is 62.2 Å². The number of hydrogen-bond donors (Lipinski definition) is 3. The number of aliphatic hydroxyl groups is 1. The maximum Gasteiger partial charge on any atom is 0.253 e. The van der Waals surface area contributed by atoms with E-state index < -0.39 is 0 Å². The number of ether oxygens (including phenoxy) is 1. The Bertz CT molecular complexity index is 1380. The van der Waals surface area contributed by atoms with Crippen LogP contribution in [0.15, 0.2) is 54.9 Å². The van der Waals surface area contributed by atoms with Gasteiger partial charge in [0.2, 0.25) is 5.95 Å². The van der Waals surface area contributed by atoms with Crippen molar-refractivity contribution in [3.63, 3.8) is 0 Å². The number of aromatic nitrogens is 4. The van der Waals surface area contributed by atoms with E-state index in [0.29, 0.717) is 35.0 Å². The Kier molecular flexibility index (Phi) is 6.53. The van der Waals surface area contributed by atoms with E-state index in [0.717, 1.165) is 29.5 Å². The molecule has 0 bridgehead atoms. The third kappa shape index (κ3) is 4.60. The van der Waals surface area contributed by atoms with Crippen LogP contribution in [0, 0.1) is 0 Å². The summed E-state index contributed by atoms with van der Waals surface area (Å²) in [6, 6.07) is 15.8. The summed E-state index contributed by atoms with van der Waals surface area (Å²) < 4.78 is 7.90. The van der Waals surface area contributed by atoms with Crippen molar-refractivity contribution in [1.82, 2.24) is 24.4 Å². The predicted molar refractivity (Wildman–Crippen MR) is 137 cm³/mol. The van der Waals surface area contributed by atoms with Crippen LogP contribution >= 0.6 is 0 Å². The highest BCUT2D eigenvalue weighted by Crippen LogP contribution is 2.34. The number of rotatable bonds is 7. The number of nitrogens with two attached hydrogens (primary N) is 1. The summed E-state index contributed by atoms with van der Waals surface area (Å²) in [5.41, 5.74) is 10.9. The Morgan fingerprint density at radius 1 is 1.17 bits per heavy atom. The fourth-order valence-electron chi connectivity index (χ4n) is 4.42. The predicted octanol–water partition coefficient (Wildman–Crippen LogP) is 3.06. The van der Waals surface area contributed by atoms with Gasteiger partial charge in [-0.05, 0) is 41.7 Å². The first-order valence-corrected chi connectivity index (χ1v) is 11.8. The summed E-state index contributed by atoms with van der Waals surface area (Å²) in [5.74, 6) is 0.861. The lowest BCUT2D eigenvalue weighted by molar-refractivity contribution is -0.0197. The highest BCUT2D eigenvalue weighted by atomic mass is 16.5. The molecule has 5 rings (SSSR count). The molecule has 2 aromatic heterocycles. The molecule has 1 saturated heterocycles. The smallest absolute Gasteiger partial charge is 0.253 e. The van der Waals surface area contributed by atoms with Crippen molar-refractivity contribution in [3.05, 3.63) is 66.0 Å². The number of nitrogens with zero attached hydrogens (tertiary/aromatic N) is 5. The topological polar surface area (TPSA) is 131 Å². The number of hydrogen-bond acceptors (Lipinski definition) is 8. The fourth-order valence-corrected chi connectivity index (χ4v) is 4.42. The molecule has 2 aromatic carbocycles. The van der Waals surface area contributed by atoms with Crippen molar-refractivity contribution >= 4 is 28.8 Å². The van der Waals surface area contributed by atoms with Gasteiger partial charge in [-0.25, -0.2) is 15.0 Å². The van der Waals surface area contributed by atoms with Gasteiger partial charge in [0, 0.05) is 26.2 Å². The van der Waals surface area contributed by atoms with E-state index in [1.165, 1.54) is 6.33 Å². The SMILES string of the molecule is CN(C)C(=O)c1cccc(-c2ccc(CNc3nc4c(N)ncnc4n3[C@H]3CC[C@@H](CO)O3)cc2)c1. The lowest BCUT2D eigenvalue weighted by Crippen LogP contribution is -2.21. The van der Waals surface area contributed by atoms with Crippen molar-refractivity contribution in [2.24, 2.45) is 0 Å². The molecule has 10 heteroatoms. The Labute approximate surface area is 208 Å². The number of anilines is 2. The highest BCUT2D eigenvalue weighted by molar-refractivity contribution is 5.95. The average molecular weight is 488 g/mol. The van der Waals surface area contributed by atoms with E-state index in [1.54, 1.807) is 19.0 Å². The molecule has 0 radical (unpaired) electrons. The highest BCUT2D eigenvalue weighted by Gasteiger charge is 2.30. The van der Waals surface area contributed by atoms with Crippen molar-refractivity contribution < 1.29 is 14.6 Å². The molecule has 0 aliphatic carbocycles. The van der Waals surface area contributed by atoms with Crippen LogP contribution in [0.1, 0.15) is 35.0 Å². The lowest BCUT2D eigenvalue weighted by Gasteiger charge is -2.17. The van der Waals surface area contributed by atoms with E-state index in [-0.39, 0.29) is 24.8 Å². The largest absolute Gasteiger partial charge is 0.394 e. The number of aliphatic hydroxyl groups excluding tert-OH is 1. The van der Waals surface area contributed by atoms with Gasteiger partial charge in [0.25, 0.3) is 5.91 Å². The van der Waals surface area contributed by atoms with Gasteiger partial charge in [0.15, 0.2) is 17.0 Å². The molecular formula is C26H29N7O3. The number of amides is 1. The third-order valence-corrected chi connectivity index (χ3v) is 6.34. The molecule has 0 spiro atoms. The molecule has 2 atom stereocenters. The Balaban J connectivity index is 1.36. The molecule has 36 heavy (non-hydrogen) atoms. The zero-order valence-electron chi connectivity index (χ0n) is 20.3. The quantitative estimate of drug-likeness (QED) is 0.362. The van der Waals surface area contributed by atoms with Crippen LogP contribution in [0.4, 0.5) is 11.8 Å². The van der Waals surface area contributed by atoms with Gasteiger partial charge in [-0.1, -0.05) is 36.4 Å². The molecule has 1 aliphatic heterocycles. The van der Waals surface area contributed by atoms with E-state index >= 15 is 0 Å². The third-order valence-electron chi connectivity index (χ3n) is 6.34. The van der Waals surface area contributed by atoms with E-state index in [9.17, 15) is 9.90 Å². The molecule has 0 saturated carbocycles. The molecule has 3 heterocycles. The molecule has 10 nitrogen and oxygen atoms in total. The molecule has 1 fully saturated rings. The minimum atomic E-state index is -0.302. The molecule has 4 N–H and O–H groups in total. The summed E-state index contributed by atoms with van der Waals surface area (Å²) in [4.78, 5) is 27.0. The van der Waals surface area contributed by atoms with Gasteiger partial charge in [0.1, 0.15) is 12.6 Å². The van der Waals surface area contributed by atoms with Gasteiger partial charge >= 0.3 is 0 Å². The molecule has 1 amide bonds. The first-order valence-electron chi connectivity index (χ1n) is 11.8. The van der Waals surface area contributed by atoms with Gasteiger partial charge in [-0.3, -0.25) is 9.36 Å². The minimum absolute atomic E-state index is 0.0255. The normalized spacial score (nSPS) is 17.4. The number of nitrogen functional groups attached to an aromatic ring is 1. The van der Waals surface area contributed by atoms with Crippen molar-refractivity contribution in [2.45, 2.75) is 31.7 Å². The van der Waals surface area contributed by atoms with Gasteiger partial charge in [-0.15, -0.1) is 0 Å². The first kappa shape index (κ1) is 23.7. The molecule has 1 aliphatic rings. The van der Waals surface area contributed by atoms with Crippen LogP contribution in [0.5, 0.6) is 0 Å². The summed E-state index contributed by atoms with van der Waals surface area (Å²) in [6.07, 6.45) is 2.39. The van der Waals surface area contributed by atoms with Gasteiger partial charge < -0.3 is 25.8 Å². The Hall–Kier alpha value is -4.02. The zero-order chi connectivity index (χ0) is 25.2. The number of benzene rings is 2. The van der Waals surface area contributed by atoms with Crippen LogP contribution in [0.3, 0.4) is 0 Å². The van der Waals surface area contributed by atoms with Gasteiger partial charge in [-0.2, -0.15) is 0 Å². The van der Waals surface area contributed by atoms with E-state index in [1.807, 2.05) is 53.1 Å². The zero-order valence-corrected chi connectivity index (χ0v) is 20.3. The summed E-state index contributed by atoms with van der Waals surface area (Å²) in [7, 11) is 3.49. The fraction of sp³-hybridized carbons (Fsp3) is 0.308. The molecular weight excluding hydrogens is 458 g/mol. The maximum atomic E-state index is 12.3. The second-order valence-electron chi connectivity index (χ2n) is 9.04. The van der Waals surface area contributed by atoms with Crippen molar-refractivity contribution in [1.29, 1.82) is 0 Å². The van der Waals surface area contributed by atoms with Crippen LogP contribution in [0.2, 0.25) is 0 Å². The minimum Gasteiger partial charge on any atom is -0.394 e. The molecule has 4 aromatic rings. The van der Waals surface area contributed by atoms with Crippen LogP contribution < -0.4 is 11.1 Å². The maximum absolute atomic E-state index is 12.3. The Morgan fingerprint density at radius 2 is 1.97 bits per heavy atom. The summed E-state index contributed by atoms with van der Waals surface area (Å²) >= 11 is 0. The second kappa shape index (κ2) is 9.92. The second-order valence-corrected chi connectivity index (χ2v) is 9.04. The summed E-state index contributed by atoms with van der Waals surface area (Å²) in [6.45, 7) is 0.494. The molecule has 186 valence electrons. The average Bonchev–Trinajstić information content (AvgIpc) is 3.52. The number of carbonyl (C=O) groups is 1. The lowest BCUT2D eigenvalue weighted by atomic mass is 10.0. The Morgan fingerprint density at radius 3 is 2.69 bits per heavy atom. The van der Waals surface area contributed by atoms with Crippen molar-refractivity contribution in [2.75, 3.05) is 31.8 Å². The molecule has 0 unspecified atom stereocenters. The number of carbonyl (C=O) groups excluding carboxylic acids is 1. The first-order chi connectivity index (χ1) is 17.4.